The van der Waals surface area contributed by atoms with Crippen LogP contribution in [-0.2, 0) is 4.79 Å². The predicted molar refractivity (Wildman–Crippen MR) is 104 cm³/mol. The van der Waals surface area contributed by atoms with Crippen molar-refractivity contribution >= 4 is 23.3 Å². The van der Waals surface area contributed by atoms with Crippen LogP contribution in [0.1, 0.15) is 47.9 Å². The number of nitrogens with one attached hydrogen (secondary N) is 2. The summed E-state index contributed by atoms with van der Waals surface area (Å²) in [4.78, 5) is 36.0. The Kier molecular flexibility index (Phi) is 7.11. The van der Waals surface area contributed by atoms with Gasteiger partial charge in [0.15, 0.2) is 12.4 Å². The van der Waals surface area contributed by atoms with Gasteiger partial charge in [0.2, 0.25) is 0 Å². The van der Waals surface area contributed by atoms with Crippen LogP contribution >= 0.6 is 0 Å². The van der Waals surface area contributed by atoms with Crippen molar-refractivity contribution in [3.8, 4) is 5.75 Å². The van der Waals surface area contributed by atoms with Crippen LogP contribution < -0.4 is 15.4 Å². The first kappa shape index (κ1) is 20.2. The van der Waals surface area contributed by atoms with E-state index in [2.05, 4.69) is 10.6 Å². The minimum atomic E-state index is -0.396. The van der Waals surface area contributed by atoms with Gasteiger partial charge in [-0.2, -0.15) is 0 Å². The molecule has 0 fully saturated rings. The second kappa shape index (κ2) is 9.52. The zero-order valence-electron chi connectivity index (χ0n) is 15.7. The lowest BCUT2D eigenvalue weighted by molar-refractivity contribution is -0.118. The molecule has 2 rings (SSSR count). The molecule has 0 aliphatic rings. The van der Waals surface area contributed by atoms with Crippen molar-refractivity contribution in [3.63, 3.8) is 0 Å². The number of carbonyl (C=O) groups excluding carboxylic acids is 3. The molecule has 0 aliphatic heterocycles. The van der Waals surface area contributed by atoms with Crippen molar-refractivity contribution in [3.05, 3.63) is 59.7 Å². The number of hydrogen-bond donors (Lipinski definition) is 2. The Bertz CT molecular complexity index is 832. The number of amides is 2. The zero-order chi connectivity index (χ0) is 19.8. The van der Waals surface area contributed by atoms with Gasteiger partial charge in [-0.1, -0.05) is 31.2 Å². The van der Waals surface area contributed by atoms with Gasteiger partial charge in [0.1, 0.15) is 5.75 Å². The second-order valence-corrected chi connectivity index (χ2v) is 6.25. The molecule has 6 nitrogen and oxygen atoms in total. The van der Waals surface area contributed by atoms with Crippen molar-refractivity contribution in [2.24, 2.45) is 0 Å². The van der Waals surface area contributed by atoms with Gasteiger partial charge in [-0.15, -0.1) is 0 Å². The average molecular weight is 368 g/mol. The Morgan fingerprint density at radius 3 is 2.52 bits per heavy atom. The first-order valence-corrected chi connectivity index (χ1v) is 8.84. The summed E-state index contributed by atoms with van der Waals surface area (Å²) in [7, 11) is 0. The highest BCUT2D eigenvalue weighted by Gasteiger charge is 2.15. The number of hydrogen-bond acceptors (Lipinski definition) is 4. The standard InChI is InChI=1S/C21H24N2O4/c1-4-14(2)22-21(26)18-10-5-6-11-19(18)23-20(25)13-27-17-9-7-8-16(12-17)15(3)24/h5-12,14H,4,13H2,1-3H3,(H,22,26)(H,23,25). The molecule has 2 aromatic carbocycles. The van der Waals surface area contributed by atoms with E-state index in [1.165, 1.54) is 6.92 Å². The number of carbonyl (C=O) groups is 3. The van der Waals surface area contributed by atoms with Crippen molar-refractivity contribution in [2.45, 2.75) is 33.2 Å². The summed E-state index contributed by atoms with van der Waals surface area (Å²) >= 11 is 0. The first-order valence-electron chi connectivity index (χ1n) is 8.84. The van der Waals surface area contributed by atoms with Crippen LogP contribution in [0.4, 0.5) is 5.69 Å². The van der Waals surface area contributed by atoms with E-state index in [1.807, 2.05) is 13.8 Å². The van der Waals surface area contributed by atoms with E-state index in [4.69, 9.17) is 4.74 Å². The number of anilines is 1. The second-order valence-electron chi connectivity index (χ2n) is 6.25. The van der Waals surface area contributed by atoms with Crippen molar-refractivity contribution < 1.29 is 19.1 Å². The Balaban J connectivity index is 2.01. The molecule has 0 saturated carbocycles. The van der Waals surface area contributed by atoms with Crippen molar-refractivity contribution in [1.29, 1.82) is 0 Å². The van der Waals surface area contributed by atoms with Crippen LogP contribution in [0.3, 0.4) is 0 Å². The molecule has 0 bridgehead atoms. The molecule has 0 aliphatic carbocycles. The van der Waals surface area contributed by atoms with Gasteiger partial charge in [0.25, 0.3) is 11.8 Å². The molecule has 0 radical (unpaired) electrons. The summed E-state index contributed by atoms with van der Waals surface area (Å²) < 4.78 is 5.45. The van der Waals surface area contributed by atoms with Crippen LogP contribution in [0.25, 0.3) is 0 Å². The Morgan fingerprint density at radius 2 is 1.81 bits per heavy atom. The molecule has 1 unspecified atom stereocenters. The summed E-state index contributed by atoms with van der Waals surface area (Å²) in [5, 5.41) is 5.58. The molecule has 142 valence electrons. The lowest BCUT2D eigenvalue weighted by Crippen LogP contribution is -2.33. The fourth-order valence-electron chi connectivity index (χ4n) is 2.33. The molecule has 2 aromatic rings. The summed E-state index contributed by atoms with van der Waals surface area (Å²) in [5.74, 6) is -0.283. The third-order valence-corrected chi connectivity index (χ3v) is 4.05. The van der Waals surface area contributed by atoms with E-state index in [-0.39, 0.29) is 24.3 Å². The number of rotatable bonds is 8. The van der Waals surface area contributed by atoms with Gasteiger partial charge >= 0.3 is 0 Å². The summed E-state index contributed by atoms with van der Waals surface area (Å²) in [6.07, 6.45) is 0.813. The van der Waals surface area contributed by atoms with Gasteiger partial charge in [-0.3, -0.25) is 14.4 Å². The Hall–Kier alpha value is -3.15. The highest BCUT2D eigenvalue weighted by molar-refractivity contribution is 6.04. The fraction of sp³-hybridized carbons (Fsp3) is 0.286. The van der Waals surface area contributed by atoms with Gasteiger partial charge in [0, 0.05) is 11.6 Å². The molecular formula is C21H24N2O4. The molecule has 2 N–H and O–H groups in total. The van der Waals surface area contributed by atoms with Crippen LogP contribution in [0.15, 0.2) is 48.5 Å². The van der Waals surface area contributed by atoms with E-state index < -0.39 is 5.91 Å². The first-order chi connectivity index (χ1) is 12.9. The van der Waals surface area contributed by atoms with E-state index in [0.29, 0.717) is 22.6 Å². The Morgan fingerprint density at radius 1 is 1.07 bits per heavy atom. The van der Waals surface area contributed by atoms with Crippen molar-refractivity contribution in [2.75, 3.05) is 11.9 Å². The van der Waals surface area contributed by atoms with Gasteiger partial charge in [0.05, 0.1) is 11.3 Å². The molecule has 27 heavy (non-hydrogen) atoms. The largest absolute Gasteiger partial charge is 0.484 e. The van der Waals surface area contributed by atoms with Gasteiger partial charge < -0.3 is 15.4 Å². The van der Waals surface area contributed by atoms with Crippen molar-refractivity contribution in [1.82, 2.24) is 5.32 Å². The SMILES string of the molecule is CCC(C)NC(=O)c1ccccc1NC(=O)COc1cccc(C(C)=O)c1. The van der Waals surface area contributed by atoms with E-state index in [9.17, 15) is 14.4 Å². The monoisotopic (exact) mass is 368 g/mol. The molecule has 6 heteroatoms. The Labute approximate surface area is 158 Å². The maximum atomic E-state index is 12.4. The van der Waals surface area contributed by atoms with Gasteiger partial charge in [-0.25, -0.2) is 0 Å². The van der Waals surface area contributed by atoms with E-state index in [1.54, 1.807) is 48.5 Å². The minimum absolute atomic E-state index is 0.0399. The molecule has 0 aromatic heterocycles. The normalized spacial score (nSPS) is 11.4. The molecule has 0 spiro atoms. The number of ether oxygens (including phenoxy) is 1. The molecular weight excluding hydrogens is 344 g/mol. The third kappa shape index (κ3) is 5.95. The third-order valence-electron chi connectivity index (χ3n) is 4.05. The number of ketones is 1. The van der Waals surface area contributed by atoms with Crippen LogP contribution in [-0.4, -0.2) is 30.2 Å². The van der Waals surface area contributed by atoms with Crippen LogP contribution in [0, 0.1) is 0 Å². The molecule has 0 heterocycles. The average Bonchev–Trinajstić information content (AvgIpc) is 2.66. The van der Waals surface area contributed by atoms with Gasteiger partial charge in [-0.05, 0) is 44.5 Å². The highest BCUT2D eigenvalue weighted by atomic mass is 16.5. The highest BCUT2D eigenvalue weighted by Crippen LogP contribution is 2.17. The van der Waals surface area contributed by atoms with E-state index >= 15 is 0 Å². The lowest BCUT2D eigenvalue weighted by Gasteiger charge is -2.15. The maximum Gasteiger partial charge on any atom is 0.262 e. The number of para-hydroxylation sites is 1. The summed E-state index contributed by atoms with van der Waals surface area (Å²) in [6, 6.07) is 13.5. The topological polar surface area (TPSA) is 84.5 Å². The molecule has 0 saturated heterocycles. The summed E-state index contributed by atoms with van der Waals surface area (Å²) in [5.41, 5.74) is 1.33. The zero-order valence-corrected chi connectivity index (χ0v) is 15.7. The smallest absolute Gasteiger partial charge is 0.262 e. The number of benzene rings is 2. The minimum Gasteiger partial charge on any atom is -0.484 e. The maximum absolute atomic E-state index is 12.4. The number of Topliss-reactive ketones (excluding diaryl/α,β-unsaturated/α-hetero) is 1. The molecule has 2 amide bonds. The van der Waals surface area contributed by atoms with E-state index in [0.717, 1.165) is 6.42 Å². The fourth-order valence-corrected chi connectivity index (χ4v) is 2.33. The lowest BCUT2D eigenvalue weighted by atomic mass is 10.1. The summed E-state index contributed by atoms with van der Waals surface area (Å²) in [6.45, 7) is 5.13. The predicted octanol–water partition coefficient (Wildman–Crippen LogP) is 3.44. The van der Waals surface area contributed by atoms with Crippen LogP contribution in [0.2, 0.25) is 0 Å². The molecule has 1 atom stereocenters. The quantitative estimate of drug-likeness (QED) is 0.699. The van der Waals surface area contributed by atoms with Crippen LogP contribution in [0.5, 0.6) is 5.75 Å².